The highest BCUT2D eigenvalue weighted by atomic mass is 35.5. The van der Waals surface area contributed by atoms with Crippen molar-refractivity contribution < 1.29 is 9.59 Å². The summed E-state index contributed by atoms with van der Waals surface area (Å²) in [6.07, 6.45) is 3.23. The van der Waals surface area contributed by atoms with Gasteiger partial charge >= 0.3 is 0 Å². The van der Waals surface area contributed by atoms with E-state index in [0.717, 1.165) is 24.8 Å². The monoisotopic (exact) mass is 327 g/mol. The largest absolute Gasteiger partial charge is 0.369 e. The third kappa shape index (κ3) is 2.69. The van der Waals surface area contributed by atoms with Crippen molar-refractivity contribution in [2.75, 3.05) is 0 Å². The lowest BCUT2D eigenvalue weighted by atomic mass is 9.77. The number of carbonyl (C=O) groups is 2. The number of hydrogen-bond donors (Lipinski definition) is 1. The van der Waals surface area contributed by atoms with Crippen LogP contribution in [0.3, 0.4) is 0 Å². The molecule has 3 nitrogen and oxygen atoms in total. The van der Waals surface area contributed by atoms with Crippen molar-refractivity contribution >= 4 is 34.9 Å². The van der Waals surface area contributed by atoms with Crippen LogP contribution in [-0.4, -0.2) is 11.7 Å². The predicted octanol–water partition coefficient (Wildman–Crippen LogP) is 3.96. The molecule has 1 aliphatic rings. The number of carbonyl (C=O) groups excluding carboxylic acids is 2. The molecule has 0 aromatic heterocycles. The van der Waals surface area contributed by atoms with Gasteiger partial charge in [-0.2, -0.15) is 0 Å². The van der Waals surface area contributed by atoms with Gasteiger partial charge < -0.3 is 5.73 Å². The number of halogens is 2. The summed E-state index contributed by atoms with van der Waals surface area (Å²) in [6.45, 7) is 4.10. The molecule has 1 atom stereocenters. The number of benzene rings is 1. The minimum atomic E-state index is -0.465. The van der Waals surface area contributed by atoms with Gasteiger partial charge in [-0.25, -0.2) is 0 Å². The first-order valence-corrected chi connectivity index (χ1v) is 7.94. The summed E-state index contributed by atoms with van der Waals surface area (Å²) in [5.74, 6) is -0.382. The third-order valence-electron chi connectivity index (χ3n) is 4.37. The van der Waals surface area contributed by atoms with Crippen molar-refractivity contribution in [1.82, 2.24) is 0 Å². The molecule has 1 aromatic carbocycles. The van der Waals surface area contributed by atoms with E-state index in [1.54, 1.807) is 0 Å². The molecule has 0 spiro atoms. The van der Waals surface area contributed by atoms with Gasteiger partial charge in [0.05, 0.1) is 16.5 Å². The SMILES string of the molecule is CCCC1(CC)Cc2cc(CC(N)=O)c(Cl)c(Cl)c2C1=O. The Morgan fingerprint density at radius 2 is 2.00 bits per heavy atom. The van der Waals surface area contributed by atoms with Gasteiger partial charge in [0, 0.05) is 11.0 Å². The van der Waals surface area contributed by atoms with Crippen LogP contribution in [0.5, 0.6) is 0 Å². The normalized spacial score (nSPS) is 20.7. The molecule has 0 radical (unpaired) electrons. The maximum Gasteiger partial charge on any atom is 0.221 e. The van der Waals surface area contributed by atoms with Crippen molar-refractivity contribution in [3.63, 3.8) is 0 Å². The molecule has 0 saturated heterocycles. The van der Waals surface area contributed by atoms with Crippen molar-refractivity contribution in [3.05, 3.63) is 32.8 Å². The summed E-state index contributed by atoms with van der Waals surface area (Å²) in [7, 11) is 0. The average molecular weight is 328 g/mol. The van der Waals surface area contributed by atoms with Gasteiger partial charge in [0.2, 0.25) is 5.91 Å². The molecule has 2 rings (SSSR count). The summed E-state index contributed by atoms with van der Waals surface area (Å²) < 4.78 is 0. The summed E-state index contributed by atoms with van der Waals surface area (Å²) in [6, 6.07) is 1.82. The molecule has 0 aliphatic heterocycles. The van der Waals surface area contributed by atoms with Crippen LogP contribution in [0, 0.1) is 5.41 Å². The minimum Gasteiger partial charge on any atom is -0.369 e. The minimum absolute atomic E-state index is 0.0346. The van der Waals surface area contributed by atoms with Crippen molar-refractivity contribution in [2.24, 2.45) is 11.1 Å². The Morgan fingerprint density at radius 1 is 1.33 bits per heavy atom. The van der Waals surface area contributed by atoms with E-state index in [9.17, 15) is 9.59 Å². The number of rotatable bonds is 5. The second-order valence-electron chi connectivity index (χ2n) is 5.73. The van der Waals surface area contributed by atoms with Crippen LogP contribution in [0.25, 0.3) is 0 Å². The molecule has 1 unspecified atom stereocenters. The molecule has 5 heteroatoms. The number of ketones is 1. The van der Waals surface area contributed by atoms with Crippen LogP contribution in [0.4, 0.5) is 0 Å². The number of nitrogens with two attached hydrogens (primary N) is 1. The fourth-order valence-electron chi connectivity index (χ4n) is 3.29. The molecular weight excluding hydrogens is 309 g/mol. The number of primary amides is 1. The Balaban J connectivity index is 2.54. The summed E-state index contributed by atoms with van der Waals surface area (Å²) in [5, 5.41) is 0.535. The van der Waals surface area contributed by atoms with Gasteiger partial charge in [-0.1, -0.05) is 49.5 Å². The molecule has 0 saturated carbocycles. The summed E-state index contributed by atoms with van der Waals surface area (Å²) >= 11 is 12.5. The summed E-state index contributed by atoms with van der Waals surface area (Å²) in [5.41, 5.74) is 6.88. The second kappa shape index (κ2) is 5.98. The van der Waals surface area contributed by atoms with E-state index < -0.39 is 5.91 Å². The van der Waals surface area contributed by atoms with Gasteiger partial charge in [-0.05, 0) is 30.4 Å². The summed E-state index contributed by atoms with van der Waals surface area (Å²) in [4.78, 5) is 23.9. The first-order chi connectivity index (χ1) is 9.86. The van der Waals surface area contributed by atoms with Crippen LogP contribution in [-0.2, 0) is 17.6 Å². The van der Waals surface area contributed by atoms with E-state index in [2.05, 4.69) is 6.92 Å². The molecule has 21 heavy (non-hydrogen) atoms. The van der Waals surface area contributed by atoms with Crippen LogP contribution in [0.1, 0.15) is 54.6 Å². The van der Waals surface area contributed by atoms with Crippen molar-refractivity contribution in [2.45, 2.75) is 46.0 Å². The number of Topliss-reactive ketones (excluding diaryl/α,β-unsaturated/α-hetero) is 1. The van der Waals surface area contributed by atoms with Crippen LogP contribution in [0.2, 0.25) is 10.0 Å². The fraction of sp³-hybridized carbons (Fsp3) is 0.500. The lowest BCUT2D eigenvalue weighted by molar-refractivity contribution is -0.117. The molecule has 114 valence electrons. The molecule has 0 fully saturated rings. The van der Waals surface area contributed by atoms with Crippen molar-refractivity contribution in [3.8, 4) is 0 Å². The smallest absolute Gasteiger partial charge is 0.221 e. The molecule has 2 N–H and O–H groups in total. The maximum atomic E-state index is 12.8. The Kier molecular flexibility index (Phi) is 4.64. The van der Waals surface area contributed by atoms with E-state index >= 15 is 0 Å². The second-order valence-corrected chi connectivity index (χ2v) is 6.49. The fourth-order valence-corrected chi connectivity index (χ4v) is 3.84. The van der Waals surface area contributed by atoms with E-state index in [0.29, 0.717) is 17.5 Å². The van der Waals surface area contributed by atoms with E-state index in [1.807, 2.05) is 13.0 Å². The zero-order valence-electron chi connectivity index (χ0n) is 12.3. The Bertz CT molecular complexity index is 613. The molecule has 0 bridgehead atoms. The van der Waals surface area contributed by atoms with Gasteiger partial charge in [0.1, 0.15) is 0 Å². The molecule has 1 amide bonds. The predicted molar refractivity (Wildman–Crippen MR) is 85.0 cm³/mol. The van der Waals surface area contributed by atoms with Crippen molar-refractivity contribution in [1.29, 1.82) is 0 Å². The molecule has 1 aliphatic carbocycles. The van der Waals surface area contributed by atoms with Crippen LogP contribution >= 0.6 is 23.2 Å². The highest BCUT2D eigenvalue weighted by Gasteiger charge is 2.45. The third-order valence-corrected chi connectivity index (χ3v) is 5.28. The number of hydrogen-bond acceptors (Lipinski definition) is 2. The maximum absolute atomic E-state index is 12.8. The molecule has 0 heterocycles. The highest BCUT2D eigenvalue weighted by Crippen LogP contribution is 2.47. The van der Waals surface area contributed by atoms with Crippen LogP contribution in [0.15, 0.2) is 6.07 Å². The number of fused-ring (bicyclic) bond motifs is 1. The van der Waals surface area contributed by atoms with E-state index in [4.69, 9.17) is 28.9 Å². The lowest BCUT2D eigenvalue weighted by Gasteiger charge is -2.25. The standard InChI is InChI=1S/C16H19Cl2NO2/c1-3-5-16(4-2)8-10-6-9(7-11(19)20)13(17)14(18)12(10)15(16)21/h6H,3-5,7-8H2,1-2H3,(H2,19,20). The molecular formula is C16H19Cl2NO2. The highest BCUT2D eigenvalue weighted by molar-refractivity contribution is 6.45. The Labute approximate surface area is 134 Å². The quantitative estimate of drug-likeness (QED) is 0.889. The Morgan fingerprint density at radius 3 is 2.52 bits per heavy atom. The van der Waals surface area contributed by atoms with E-state index in [1.165, 1.54) is 0 Å². The number of amides is 1. The van der Waals surface area contributed by atoms with Gasteiger partial charge in [0.25, 0.3) is 0 Å². The lowest BCUT2D eigenvalue weighted by Crippen LogP contribution is -2.27. The van der Waals surface area contributed by atoms with Gasteiger partial charge in [0.15, 0.2) is 5.78 Å². The van der Waals surface area contributed by atoms with Gasteiger partial charge in [-0.3, -0.25) is 9.59 Å². The zero-order valence-corrected chi connectivity index (χ0v) is 13.8. The average Bonchev–Trinajstić information content (AvgIpc) is 2.69. The first kappa shape index (κ1) is 16.3. The molecule has 1 aromatic rings. The van der Waals surface area contributed by atoms with E-state index in [-0.39, 0.29) is 27.7 Å². The first-order valence-electron chi connectivity index (χ1n) is 7.19. The van der Waals surface area contributed by atoms with Gasteiger partial charge in [-0.15, -0.1) is 0 Å². The Hall–Kier alpha value is -1.06. The topological polar surface area (TPSA) is 60.2 Å². The van der Waals surface area contributed by atoms with Crippen LogP contribution < -0.4 is 5.73 Å². The zero-order chi connectivity index (χ0) is 15.8.